The number of aliphatic hydroxyl groups excluding tert-OH is 1. The highest BCUT2D eigenvalue weighted by atomic mass is 32.2. The molecule has 1 aliphatic rings. The summed E-state index contributed by atoms with van der Waals surface area (Å²) in [6.07, 6.45) is 0.150. The molecule has 38 heavy (non-hydrogen) atoms. The lowest BCUT2D eigenvalue weighted by molar-refractivity contribution is -0.131. The predicted octanol–water partition coefficient (Wildman–Crippen LogP) is 5.52. The van der Waals surface area contributed by atoms with E-state index >= 15 is 0 Å². The molecule has 0 aromatic heterocycles. The number of anilines is 1. The van der Waals surface area contributed by atoms with Crippen LogP contribution in [0.15, 0.2) is 108 Å². The van der Waals surface area contributed by atoms with Crippen molar-refractivity contribution in [1.82, 2.24) is 0 Å². The van der Waals surface area contributed by atoms with Gasteiger partial charge < -0.3 is 15.1 Å². The summed E-state index contributed by atoms with van der Waals surface area (Å²) in [4.78, 5) is 14.8. The van der Waals surface area contributed by atoms with Crippen LogP contribution in [0.4, 0.5) is 5.69 Å². The van der Waals surface area contributed by atoms with Gasteiger partial charge in [-0.15, -0.1) is 0 Å². The van der Waals surface area contributed by atoms with Crippen LogP contribution in [0.25, 0.3) is 11.1 Å². The zero-order valence-electron chi connectivity index (χ0n) is 20.4. The van der Waals surface area contributed by atoms with Gasteiger partial charge in [0, 0.05) is 11.3 Å². The molecule has 194 valence electrons. The van der Waals surface area contributed by atoms with E-state index in [1.54, 1.807) is 35.2 Å². The number of carbonyl (C=O) groups excluding carboxylic acids is 1. The summed E-state index contributed by atoms with van der Waals surface area (Å²) in [5.41, 5.74) is 3.42. The number of phenolic OH excluding ortho intramolecular Hbond substituents is 1. The number of benzene rings is 4. The van der Waals surface area contributed by atoms with Gasteiger partial charge in [0.1, 0.15) is 5.75 Å². The molecule has 0 radical (unpaired) electrons. The van der Waals surface area contributed by atoms with E-state index in [9.17, 15) is 28.0 Å². The van der Waals surface area contributed by atoms with Gasteiger partial charge in [0.15, 0.2) is 0 Å². The monoisotopic (exact) mass is 529 g/mol. The normalized spacial score (nSPS) is 18.2. The number of para-hydroxylation sites is 1. The molecule has 5 rings (SSSR count). The first-order valence-electron chi connectivity index (χ1n) is 12.3. The molecular weight excluding hydrogens is 502 g/mol. The van der Waals surface area contributed by atoms with E-state index in [0.717, 1.165) is 11.3 Å². The largest absolute Gasteiger partial charge is 0.508 e. The fourth-order valence-corrected chi connectivity index (χ4v) is 5.51. The fourth-order valence-electron chi connectivity index (χ4n) is 5.03. The summed E-state index contributed by atoms with van der Waals surface area (Å²) in [6.45, 7) is 0. The number of aliphatic hydroxyl groups is 1. The number of nitrogens with zero attached hydrogens (tertiary/aromatic N) is 1. The Morgan fingerprint density at radius 3 is 2.03 bits per heavy atom. The van der Waals surface area contributed by atoms with Gasteiger partial charge in [0.25, 0.3) is 10.1 Å². The lowest BCUT2D eigenvalue weighted by atomic mass is 9.77. The number of carbonyl (C=O) groups is 1. The van der Waals surface area contributed by atoms with Crippen LogP contribution in [0.1, 0.15) is 36.1 Å². The molecule has 3 atom stereocenters. The summed E-state index contributed by atoms with van der Waals surface area (Å²) in [7, 11) is -4.30. The Labute approximate surface area is 221 Å². The molecule has 1 amide bonds. The number of phenols is 1. The molecule has 8 heteroatoms. The van der Waals surface area contributed by atoms with E-state index < -0.39 is 28.2 Å². The van der Waals surface area contributed by atoms with Crippen molar-refractivity contribution >= 4 is 21.7 Å². The summed E-state index contributed by atoms with van der Waals surface area (Å²) in [5.74, 6) is -0.474. The average Bonchev–Trinajstić information content (AvgIpc) is 2.92. The molecule has 0 spiro atoms. The molecule has 4 aromatic rings. The minimum atomic E-state index is -4.30. The Morgan fingerprint density at radius 2 is 1.42 bits per heavy atom. The van der Waals surface area contributed by atoms with Crippen molar-refractivity contribution in [3.05, 3.63) is 114 Å². The summed E-state index contributed by atoms with van der Waals surface area (Å²) in [5, 5.41) is 21.7. The van der Waals surface area contributed by atoms with Crippen LogP contribution < -0.4 is 4.90 Å². The Kier molecular flexibility index (Phi) is 7.03. The Balaban J connectivity index is 1.43. The molecule has 3 unspecified atom stereocenters. The van der Waals surface area contributed by atoms with Crippen molar-refractivity contribution in [2.24, 2.45) is 5.92 Å². The number of rotatable bonds is 8. The smallest absolute Gasteiger partial charge is 0.294 e. The lowest BCUT2D eigenvalue weighted by Gasteiger charge is -2.48. The Bertz CT molecular complexity index is 1540. The van der Waals surface area contributed by atoms with E-state index in [-0.39, 0.29) is 16.6 Å². The Morgan fingerprint density at radius 1 is 0.816 bits per heavy atom. The predicted molar refractivity (Wildman–Crippen MR) is 144 cm³/mol. The maximum absolute atomic E-state index is 13.3. The summed E-state index contributed by atoms with van der Waals surface area (Å²) in [6, 6.07) is 29.0. The maximum Gasteiger partial charge on any atom is 0.294 e. The molecule has 1 saturated heterocycles. The molecule has 7 nitrogen and oxygen atoms in total. The van der Waals surface area contributed by atoms with Crippen molar-refractivity contribution < 1.29 is 28.0 Å². The van der Waals surface area contributed by atoms with Crippen molar-refractivity contribution in [2.45, 2.75) is 29.9 Å². The number of amides is 1. The van der Waals surface area contributed by atoms with Crippen LogP contribution in [-0.2, 0) is 14.9 Å². The first-order valence-corrected chi connectivity index (χ1v) is 13.7. The topological polar surface area (TPSA) is 115 Å². The quantitative estimate of drug-likeness (QED) is 0.204. The third-order valence-corrected chi connectivity index (χ3v) is 7.89. The van der Waals surface area contributed by atoms with Crippen LogP contribution in [-0.4, -0.2) is 29.1 Å². The third kappa shape index (κ3) is 5.06. The SMILES string of the molecule is O=C1C(CCC(O)c2ccccc2)C(c2ccc(-c3ccc(S(=O)(=O)O)cc3)cc2O)N1c1ccccc1. The van der Waals surface area contributed by atoms with Gasteiger partial charge in [-0.3, -0.25) is 9.35 Å². The molecule has 1 aliphatic heterocycles. The highest BCUT2D eigenvalue weighted by Crippen LogP contribution is 2.49. The number of hydrogen-bond donors (Lipinski definition) is 3. The molecule has 0 aliphatic carbocycles. The van der Waals surface area contributed by atoms with E-state index in [1.165, 1.54) is 12.1 Å². The second-order valence-electron chi connectivity index (χ2n) is 9.37. The summed E-state index contributed by atoms with van der Waals surface area (Å²) >= 11 is 0. The number of hydrogen-bond acceptors (Lipinski definition) is 5. The van der Waals surface area contributed by atoms with Crippen molar-refractivity contribution in [3.8, 4) is 16.9 Å². The first kappa shape index (κ1) is 25.7. The molecule has 1 heterocycles. The van der Waals surface area contributed by atoms with Crippen molar-refractivity contribution in [1.29, 1.82) is 0 Å². The van der Waals surface area contributed by atoms with Gasteiger partial charge in [0.2, 0.25) is 5.91 Å². The average molecular weight is 530 g/mol. The number of β-lactam (4-membered cyclic amide) rings is 1. The van der Waals surface area contributed by atoms with E-state index in [2.05, 4.69) is 0 Å². The van der Waals surface area contributed by atoms with Gasteiger partial charge in [0.05, 0.1) is 23.0 Å². The molecule has 4 aromatic carbocycles. The summed E-state index contributed by atoms with van der Waals surface area (Å²) < 4.78 is 31.9. The Hall–Kier alpha value is -3.98. The molecule has 1 fully saturated rings. The highest BCUT2D eigenvalue weighted by Gasteiger charge is 2.49. The van der Waals surface area contributed by atoms with Crippen LogP contribution in [0, 0.1) is 5.92 Å². The van der Waals surface area contributed by atoms with Crippen LogP contribution in [0.5, 0.6) is 5.75 Å². The second-order valence-corrected chi connectivity index (χ2v) is 10.8. The van der Waals surface area contributed by atoms with Crippen molar-refractivity contribution in [2.75, 3.05) is 4.90 Å². The minimum Gasteiger partial charge on any atom is -0.508 e. The lowest BCUT2D eigenvalue weighted by Crippen LogP contribution is -2.55. The molecular formula is C30H27NO6S. The van der Waals surface area contributed by atoms with E-state index in [0.29, 0.717) is 29.5 Å². The van der Waals surface area contributed by atoms with Crippen LogP contribution >= 0.6 is 0 Å². The minimum absolute atomic E-state index is 0.00777. The highest BCUT2D eigenvalue weighted by molar-refractivity contribution is 7.85. The molecule has 0 bridgehead atoms. The van der Waals surface area contributed by atoms with Gasteiger partial charge in [-0.05, 0) is 59.9 Å². The standard InChI is InChI=1S/C30H27NO6S/c32-27(21-7-3-1-4-8-21)18-17-26-29(31(30(26)34)23-9-5-2-6-10-23)25-16-13-22(19-28(25)33)20-11-14-24(15-12-20)38(35,36)37/h1-16,19,26-27,29,32-33H,17-18H2,(H,35,36,37). The molecule has 3 N–H and O–H groups in total. The zero-order chi connectivity index (χ0) is 26.9. The second kappa shape index (κ2) is 10.4. The van der Waals surface area contributed by atoms with Gasteiger partial charge >= 0.3 is 0 Å². The van der Waals surface area contributed by atoms with E-state index in [4.69, 9.17) is 0 Å². The van der Waals surface area contributed by atoms with Crippen molar-refractivity contribution in [3.63, 3.8) is 0 Å². The van der Waals surface area contributed by atoms with E-state index in [1.807, 2.05) is 60.7 Å². The number of aromatic hydroxyl groups is 1. The maximum atomic E-state index is 13.3. The van der Waals surface area contributed by atoms with Crippen LogP contribution in [0.3, 0.4) is 0 Å². The zero-order valence-corrected chi connectivity index (χ0v) is 21.2. The molecule has 0 saturated carbocycles. The van der Waals surface area contributed by atoms with Gasteiger partial charge in [-0.1, -0.05) is 72.8 Å². The fraction of sp³-hybridized carbons (Fsp3) is 0.167. The first-order chi connectivity index (χ1) is 18.2. The van der Waals surface area contributed by atoms with Gasteiger partial charge in [-0.25, -0.2) is 0 Å². The van der Waals surface area contributed by atoms with Crippen LogP contribution in [0.2, 0.25) is 0 Å². The third-order valence-electron chi connectivity index (χ3n) is 7.02. The van der Waals surface area contributed by atoms with Gasteiger partial charge in [-0.2, -0.15) is 8.42 Å².